The predicted octanol–water partition coefficient (Wildman–Crippen LogP) is 2.28. The van der Waals surface area contributed by atoms with Crippen molar-refractivity contribution in [1.29, 1.82) is 0 Å². The van der Waals surface area contributed by atoms with Crippen LogP contribution in [0.2, 0.25) is 0 Å². The van der Waals surface area contributed by atoms with Gasteiger partial charge in [0.05, 0.1) is 19.1 Å². The SMILES string of the molecule is COc1ccc(C)cc1CC(=O)O[C@H](C)C(=O)Nc1sccc1C(N)=O. The van der Waals surface area contributed by atoms with E-state index < -0.39 is 23.9 Å². The van der Waals surface area contributed by atoms with E-state index in [1.165, 1.54) is 20.1 Å². The van der Waals surface area contributed by atoms with E-state index in [0.717, 1.165) is 16.9 Å². The van der Waals surface area contributed by atoms with Crippen molar-refractivity contribution in [1.82, 2.24) is 0 Å². The molecule has 1 aromatic carbocycles. The van der Waals surface area contributed by atoms with Crippen molar-refractivity contribution in [2.24, 2.45) is 5.73 Å². The van der Waals surface area contributed by atoms with Crippen molar-refractivity contribution >= 4 is 34.1 Å². The molecule has 0 bridgehead atoms. The zero-order valence-corrected chi connectivity index (χ0v) is 15.5. The van der Waals surface area contributed by atoms with Crippen LogP contribution in [-0.4, -0.2) is 31.0 Å². The van der Waals surface area contributed by atoms with Crippen LogP contribution < -0.4 is 15.8 Å². The normalized spacial score (nSPS) is 11.5. The van der Waals surface area contributed by atoms with Gasteiger partial charge in [-0.3, -0.25) is 14.4 Å². The number of aryl methyl sites for hydroxylation is 1. The molecule has 0 aliphatic rings. The summed E-state index contributed by atoms with van der Waals surface area (Å²) in [6.45, 7) is 3.36. The summed E-state index contributed by atoms with van der Waals surface area (Å²) >= 11 is 1.16. The van der Waals surface area contributed by atoms with Crippen LogP contribution in [0.1, 0.15) is 28.4 Å². The topological polar surface area (TPSA) is 108 Å². The molecule has 8 heteroatoms. The van der Waals surface area contributed by atoms with Gasteiger partial charge in [-0.15, -0.1) is 11.3 Å². The fourth-order valence-corrected chi connectivity index (χ4v) is 3.10. The smallest absolute Gasteiger partial charge is 0.311 e. The molecular weight excluding hydrogens is 356 g/mol. The lowest BCUT2D eigenvalue weighted by molar-refractivity contribution is -0.152. The molecule has 0 aliphatic heterocycles. The summed E-state index contributed by atoms with van der Waals surface area (Å²) < 4.78 is 10.4. The summed E-state index contributed by atoms with van der Waals surface area (Å²) in [6, 6.07) is 7.00. The number of ether oxygens (including phenoxy) is 2. The average molecular weight is 376 g/mol. The second-order valence-corrected chi connectivity index (χ2v) is 6.56. The van der Waals surface area contributed by atoms with Crippen molar-refractivity contribution in [2.75, 3.05) is 12.4 Å². The van der Waals surface area contributed by atoms with Gasteiger partial charge in [0.25, 0.3) is 11.8 Å². The molecule has 26 heavy (non-hydrogen) atoms. The summed E-state index contributed by atoms with van der Waals surface area (Å²) in [5.74, 6) is -1.16. The van der Waals surface area contributed by atoms with Gasteiger partial charge >= 0.3 is 5.97 Å². The Morgan fingerprint density at radius 3 is 2.65 bits per heavy atom. The summed E-state index contributed by atoms with van der Waals surface area (Å²) in [5, 5.41) is 4.51. The molecule has 2 amide bonds. The first-order valence-electron chi connectivity index (χ1n) is 7.83. The van der Waals surface area contributed by atoms with Gasteiger partial charge in [-0.05, 0) is 31.4 Å². The number of amides is 2. The minimum absolute atomic E-state index is 0.0198. The van der Waals surface area contributed by atoms with Crippen LogP contribution >= 0.6 is 11.3 Å². The van der Waals surface area contributed by atoms with Gasteiger partial charge in [0.15, 0.2) is 6.10 Å². The van der Waals surface area contributed by atoms with E-state index in [0.29, 0.717) is 16.3 Å². The third kappa shape index (κ3) is 4.82. The predicted molar refractivity (Wildman–Crippen MR) is 98.5 cm³/mol. The van der Waals surface area contributed by atoms with E-state index in [-0.39, 0.29) is 12.0 Å². The van der Waals surface area contributed by atoms with Gasteiger partial charge in [-0.2, -0.15) is 0 Å². The number of nitrogens with two attached hydrogens (primary N) is 1. The van der Waals surface area contributed by atoms with E-state index in [1.54, 1.807) is 11.4 Å². The van der Waals surface area contributed by atoms with Crippen molar-refractivity contribution in [3.8, 4) is 5.75 Å². The van der Waals surface area contributed by atoms with E-state index in [2.05, 4.69) is 5.32 Å². The Morgan fingerprint density at radius 2 is 2.00 bits per heavy atom. The minimum atomic E-state index is -1.03. The second kappa shape index (κ2) is 8.48. The average Bonchev–Trinajstić information content (AvgIpc) is 3.03. The highest BCUT2D eigenvalue weighted by atomic mass is 32.1. The van der Waals surface area contributed by atoms with Gasteiger partial charge in [0, 0.05) is 5.56 Å². The highest BCUT2D eigenvalue weighted by Crippen LogP contribution is 2.23. The number of esters is 1. The standard InChI is InChI=1S/C18H20N2O5S/c1-10-4-5-14(24-3)12(8-10)9-15(21)25-11(2)17(23)20-18-13(16(19)22)6-7-26-18/h4-8,11H,9H2,1-3H3,(H2,19,22)(H,20,23)/t11-/m1/s1. The lowest BCUT2D eigenvalue weighted by Crippen LogP contribution is -2.31. The van der Waals surface area contributed by atoms with Crippen molar-refractivity contribution < 1.29 is 23.9 Å². The maximum atomic E-state index is 12.2. The Hall–Kier alpha value is -2.87. The number of hydrogen-bond acceptors (Lipinski definition) is 6. The lowest BCUT2D eigenvalue weighted by atomic mass is 10.1. The van der Waals surface area contributed by atoms with Gasteiger partial charge in [0.2, 0.25) is 0 Å². The van der Waals surface area contributed by atoms with E-state index in [4.69, 9.17) is 15.2 Å². The Kier molecular flexibility index (Phi) is 6.35. The number of hydrogen-bond donors (Lipinski definition) is 2. The van der Waals surface area contributed by atoms with E-state index in [1.807, 2.05) is 19.1 Å². The Morgan fingerprint density at radius 1 is 1.27 bits per heavy atom. The van der Waals surface area contributed by atoms with Gasteiger partial charge in [-0.25, -0.2) is 0 Å². The maximum Gasteiger partial charge on any atom is 0.311 e. The highest BCUT2D eigenvalue weighted by molar-refractivity contribution is 7.14. The molecule has 7 nitrogen and oxygen atoms in total. The van der Waals surface area contributed by atoms with Crippen LogP contribution in [0.15, 0.2) is 29.6 Å². The molecule has 2 aromatic rings. The fourth-order valence-electron chi connectivity index (χ4n) is 2.31. The number of methoxy groups -OCH3 is 1. The molecule has 1 aromatic heterocycles. The number of benzene rings is 1. The zero-order chi connectivity index (χ0) is 19.3. The molecule has 0 aliphatic carbocycles. The molecule has 0 saturated carbocycles. The minimum Gasteiger partial charge on any atom is -0.496 e. The number of primary amides is 1. The first kappa shape index (κ1) is 19.5. The molecule has 2 rings (SSSR count). The Bertz CT molecular complexity index is 831. The van der Waals surface area contributed by atoms with Gasteiger partial charge in [-0.1, -0.05) is 17.7 Å². The highest BCUT2D eigenvalue weighted by Gasteiger charge is 2.21. The zero-order valence-electron chi connectivity index (χ0n) is 14.7. The van der Waals surface area contributed by atoms with Crippen molar-refractivity contribution in [3.05, 3.63) is 46.3 Å². The van der Waals surface area contributed by atoms with Gasteiger partial charge < -0.3 is 20.5 Å². The molecule has 0 fully saturated rings. The first-order chi connectivity index (χ1) is 12.3. The van der Waals surface area contributed by atoms with E-state index in [9.17, 15) is 14.4 Å². The number of carbonyl (C=O) groups is 3. The summed E-state index contributed by atoms with van der Waals surface area (Å²) in [6.07, 6.45) is -1.05. The van der Waals surface area contributed by atoms with Crippen LogP contribution in [0.5, 0.6) is 5.75 Å². The monoisotopic (exact) mass is 376 g/mol. The number of nitrogens with one attached hydrogen (secondary N) is 1. The number of rotatable bonds is 7. The van der Waals surface area contributed by atoms with Crippen LogP contribution in [0.3, 0.4) is 0 Å². The third-order valence-corrected chi connectivity index (χ3v) is 4.45. The second-order valence-electron chi connectivity index (χ2n) is 5.64. The molecule has 0 saturated heterocycles. The summed E-state index contributed by atoms with van der Waals surface area (Å²) in [5.41, 5.74) is 7.11. The van der Waals surface area contributed by atoms with E-state index >= 15 is 0 Å². The van der Waals surface area contributed by atoms with Crippen LogP contribution in [0.25, 0.3) is 0 Å². The molecule has 138 valence electrons. The quantitative estimate of drug-likeness (QED) is 0.721. The number of thiophene rings is 1. The van der Waals surface area contributed by atoms with Crippen LogP contribution in [0, 0.1) is 6.92 Å². The van der Waals surface area contributed by atoms with Crippen molar-refractivity contribution in [3.63, 3.8) is 0 Å². The summed E-state index contributed by atoms with van der Waals surface area (Å²) in [7, 11) is 1.52. The van der Waals surface area contributed by atoms with Crippen LogP contribution in [-0.2, 0) is 20.7 Å². The Balaban J connectivity index is 1.98. The lowest BCUT2D eigenvalue weighted by Gasteiger charge is -2.14. The first-order valence-corrected chi connectivity index (χ1v) is 8.71. The van der Waals surface area contributed by atoms with Crippen LogP contribution in [0.4, 0.5) is 5.00 Å². The number of carbonyl (C=O) groups excluding carboxylic acids is 3. The molecule has 0 spiro atoms. The van der Waals surface area contributed by atoms with Crippen molar-refractivity contribution in [2.45, 2.75) is 26.4 Å². The Labute approximate surface area is 155 Å². The largest absolute Gasteiger partial charge is 0.496 e. The molecule has 0 unspecified atom stereocenters. The fraction of sp³-hybridized carbons (Fsp3) is 0.278. The van der Waals surface area contributed by atoms with Gasteiger partial charge in [0.1, 0.15) is 10.8 Å². The maximum absolute atomic E-state index is 12.2. The molecule has 3 N–H and O–H groups in total. The number of anilines is 1. The molecule has 1 atom stereocenters. The molecule has 1 heterocycles. The third-order valence-electron chi connectivity index (χ3n) is 3.62. The summed E-state index contributed by atoms with van der Waals surface area (Å²) in [4.78, 5) is 35.6. The molecule has 0 radical (unpaired) electrons. The molecular formula is C18H20N2O5S.